The number of thioether (sulfide) groups is 1. The molecule has 0 radical (unpaired) electrons. The number of amides is 2. The van der Waals surface area contributed by atoms with E-state index in [-0.39, 0.29) is 22.1 Å². The van der Waals surface area contributed by atoms with Crippen LogP contribution in [0.4, 0.5) is 4.79 Å². The summed E-state index contributed by atoms with van der Waals surface area (Å²) in [7, 11) is 0. The summed E-state index contributed by atoms with van der Waals surface area (Å²) >= 11 is 1.06. The lowest BCUT2D eigenvalue weighted by molar-refractivity contribution is -0.118. The second kappa shape index (κ2) is 6.29. The molecule has 1 atom stereocenters. The number of phenols is 1. The van der Waals surface area contributed by atoms with Crippen molar-refractivity contribution in [1.29, 1.82) is 0 Å². The third-order valence-electron chi connectivity index (χ3n) is 4.37. The first-order chi connectivity index (χ1) is 12.1. The van der Waals surface area contributed by atoms with Crippen LogP contribution in [0.2, 0.25) is 0 Å². The molecule has 0 aliphatic carbocycles. The maximum atomic E-state index is 11.8. The van der Waals surface area contributed by atoms with Crippen LogP contribution in [0.3, 0.4) is 0 Å². The third-order valence-corrected chi connectivity index (χ3v) is 5.35. The Bertz CT molecular complexity index is 962. The van der Waals surface area contributed by atoms with Crippen LogP contribution < -0.4 is 5.32 Å². The predicted molar refractivity (Wildman–Crippen MR) is 97.8 cm³/mol. The number of rotatable bonds is 4. The van der Waals surface area contributed by atoms with Gasteiger partial charge in [0.05, 0.1) is 5.25 Å². The Labute approximate surface area is 148 Å². The molecule has 1 unspecified atom stereocenters. The first-order valence-corrected chi connectivity index (χ1v) is 8.84. The third kappa shape index (κ3) is 3.13. The highest BCUT2D eigenvalue weighted by Gasteiger charge is 2.31. The first kappa shape index (κ1) is 15.8. The Kier molecular flexibility index (Phi) is 3.97. The molecule has 6 heteroatoms. The number of carbonyl (C=O) groups excluding carboxylic acids is 2. The Morgan fingerprint density at radius 2 is 1.88 bits per heavy atom. The molecule has 25 heavy (non-hydrogen) atoms. The van der Waals surface area contributed by atoms with Crippen molar-refractivity contribution in [2.75, 3.05) is 0 Å². The molecular formula is C19H16N2O3S. The largest absolute Gasteiger partial charge is 0.508 e. The van der Waals surface area contributed by atoms with Gasteiger partial charge in [-0.25, -0.2) is 0 Å². The Morgan fingerprint density at radius 3 is 2.60 bits per heavy atom. The van der Waals surface area contributed by atoms with Crippen molar-refractivity contribution in [3.05, 3.63) is 65.9 Å². The number of carbonyl (C=O) groups is 2. The van der Waals surface area contributed by atoms with E-state index in [4.69, 9.17) is 0 Å². The molecule has 0 spiro atoms. The van der Waals surface area contributed by atoms with Gasteiger partial charge in [0, 0.05) is 23.6 Å². The molecule has 1 saturated heterocycles. The number of nitrogens with one attached hydrogen (secondary N) is 1. The Hall–Kier alpha value is -2.73. The normalized spacial score (nSPS) is 17.2. The fraction of sp³-hybridized carbons (Fsp3) is 0.158. The van der Waals surface area contributed by atoms with Gasteiger partial charge in [0.1, 0.15) is 5.75 Å². The van der Waals surface area contributed by atoms with Crippen LogP contribution in [0.25, 0.3) is 10.9 Å². The Morgan fingerprint density at radius 1 is 1.08 bits per heavy atom. The van der Waals surface area contributed by atoms with Gasteiger partial charge in [0.2, 0.25) is 5.91 Å². The molecule has 1 aromatic heterocycles. The van der Waals surface area contributed by atoms with Crippen LogP contribution in [0.15, 0.2) is 54.7 Å². The smallest absolute Gasteiger partial charge is 0.286 e. The highest BCUT2D eigenvalue weighted by Crippen LogP contribution is 2.28. The fourth-order valence-electron chi connectivity index (χ4n) is 3.13. The number of phenolic OH excluding ortho intramolecular Hbond substituents is 1. The van der Waals surface area contributed by atoms with E-state index < -0.39 is 0 Å². The first-order valence-electron chi connectivity index (χ1n) is 7.96. The number of aromatic hydroxyl groups is 1. The van der Waals surface area contributed by atoms with Crippen LogP contribution in [0, 0.1) is 0 Å². The summed E-state index contributed by atoms with van der Waals surface area (Å²) in [5.41, 5.74) is 3.24. The number of hydrogen-bond acceptors (Lipinski definition) is 4. The molecule has 1 aliphatic heterocycles. The van der Waals surface area contributed by atoms with E-state index in [9.17, 15) is 14.7 Å². The molecule has 1 aliphatic rings. The van der Waals surface area contributed by atoms with E-state index in [0.717, 1.165) is 33.8 Å². The summed E-state index contributed by atoms with van der Waals surface area (Å²) in [6, 6.07) is 15.2. The van der Waals surface area contributed by atoms with E-state index in [1.54, 1.807) is 12.1 Å². The van der Waals surface area contributed by atoms with Crippen LogP contribution >= 0.6 is 11.8 Å². The van der Waals surface area contributed by atoms with Crippen molar-refractivity contribution < 1.29 is 14.7 Å². The zero-order valence-electron chi connectivity index (χ0n) is 13.3. The monoisotopic (exact) mass is 352 g/mol. The molecule has 2 N–H and O–H groups in total. The van der Waals surface area contributed by atoms with Crippen LogP contribution in [-0.4, -0.2) is 26.1 Å². The quantitative estimate of drug-likeness (QED) is 0.756. The maximum absolute atomic E-state index is 11.8. The van der Waals surface area contributed by atoms with Crippen molar-refractivity contribution in [1.82, 2.24) is 9.88 Å². The average molecular weight is 352 g/mol. The van der Waals surface area contributed by atoms with E-state index in [0.29, 0.717) is 13.0 Å². The number of aromatic nitrogens is 1. The van der Waals surface area contributed by atoms with Crippen molar-refractivity contribution in [2.45, 2.75) is 18.2 Å². The van der Waals surface area contributed by atoms with Gasteiger partial charge < -0.3 is 9.67 Å². The van der Waals surface area contributed by atoms with Gasteiger partial charge in [-0.05, 0) is 41.8 Å². The SMILES string of the molecule is O=C1NC(=O)C(Cc2cccc3c2ccn3Cc2ccc(O)cc2)S1. The highest BCUT2D eigenvalue weighted by atomic mass is 32.2. The minimum absolute atomic E-state index is 0.212. The summed E-state index contributed by atoms with van der Waals surface area (Å²) in [6.07, 6.45) is 2.55. The lowest BCUT2D eigenvalue weighted by Gasteiger charge is -2.09. The second-order valence-corrected chi connectivity index (χ2v) is 7.22. The highest BCUT2D eigenvalue weighted by molar-refractivity contribution is 8.15. The summed E-state index contributed by atoms with van der Waals surface area (Å²) in [5.74, 6) is 0.0424. The molecule has 5 nitrogen and oxygen atoms in total. The van der Waals surface area contributed by atoms with Crippen LogP contribution in [0.1, 0.15) is 11.1 Å². The molecule has 3 aromatic rings. The lowest BCUT2D eigenvalue weighted by Crippen LogP contribution is -2.25. The molecule has 126 valence electrons. The van der Waals surface area contributed by atoms with E-state index in [1.807, 2.05) is 42.6 Å². The molecule has 2 amide bonds. The summed E-state index contributed by atoms with van der Waals surface area (Å²) in [6.45, 7) is 0.699. The van der Waals surface area contributed by atoms with E-state index in [2.05, 4.69) is 9.88 Å². The van der Waals surface area contributed by atoms with Gasteiger partial charge in [0.15, 0.2) is 0 Å². The zero-order chi connectivity index (χ0) is 17.4. The van der Waals surface area contributed by atoms with Crippen molar-refractivity contribution in [3.8, 4) is 5.75 Å². The molecule has 0 bridgehead atoms. The van der Waals surface area contributed by atoms with E-state index in [1.165, 1.54) is 0 Å². The number of nitrogens with zero attached hydrogens (tertiary/aromatic N) is 1. The van der Waals surface area contributed by atoms with Gasteiger partial charge >= 0.3 is 0 Å². The average Bonchev–Trinajstić information content (AvgIpc) is 3.14. The topological polar surface area (TPSA) is 71.3 Å². The summed E-state index contributed by atoms with van der Waals surface area (Å²) in [5, 5.41) is 12.2. The van der Waals surface area contributed by atoms with Gasteiger partial charge in [-0.3, -0.25) is 14.9 Å². The van der Waals surface area contributed by atoms with Gasteiger partial charge in [-0.2, -0.15) is 0 Å². The van der Waals surface area contributed by atoms with Crippen LogP contribution in [0.5, 0.6) is 5.75 Å². The summed E-state index contributed by atoms with van der Waals surface area (Å²) in [4.78, 5) is 23.2. The molecule has 0 saturated carbocycles. The number of hydrogen-bond donors (Lipinski definition) is 2. The van der Waals surface area contributed by atoms with Crippen molar-refractivity contribution in [3.63, 3.8) is 0 Å². The van der Waals surface area contributed by atoms with Gasteiger partial charge in [0.25, 0.3) is 5.24 Å². The molecule has 2 aromatic carbocycles. The number of imide groups is 1. The standard InChI is InChI=1S/C19H16N2O3S/c22-14-6-4-12(5-7-14)11-21-9-8-15-13(2-1-3-16(15)21)10-17-18(23)20-19(24)25-17/h1-9,17,22H,10-11H2,(H,20,23,24). The lowest BCUT2D eigenvalue weighted by atomic mass is 10.0. The van der Waals surface area contributed by atoms with Crippen LogP contribution in [-0.2, 0) is 17.8 Å². The van der Waals surface area contributed by atoms with Gasteiger partial charge in [-0.15, -0.1) is 0 Å². The Balaban J connectivity index is 1.62. The summed E-state index contributed by atoms with van der Waals surface area (Å²) < 4.78 is 2.14. The zero-order valence-corrected chi connectivity index (χ0v) is 14.1. The molecule has 1 fully saturated rings. The maximum Gasteiger partial charge on any atom is 0.286 e. The predicted octanol–water partition coefficient (Wildman–Crippen LogP) is 3.29. The van der Waals surface area contributed by atoms with Crippen molar-refractivity contribution >= 4 is 33.8 Å². The minimum atomic E-state index is -0.362. The molecule has 2 heterocycles. The molecule has 4 rings (SSSR count). The van der Waals surface area contributed by atoms with E-state index >= 15 is 0 Å². The van der Waals surface area contributed by atoms with Gasteiger partial charge in [-0.1, -0.05) is 36.0 Å². The fourth-order valence-corrected chi connectivity index (χ4v) is 3.98. The number of benzene rings is 2. The minimum Gasteiger partial charge on any atom is -0.508 e. The molecular weight excluding hydrogens is 336 g/mol. The second-order valence-electron chi connectivity index (χ2n) is 6.05. The van der Waals surface area contributed by atoms with Crippen molar-refractivity contribution in [2.24, 2.45) is 0 Å². The number of fused-ring (bicyclic) bond motifs is 1.